The third kappa shape index (κ3) is 4.05. The van der Waals surface area contributed by atoms with E-state index in [0.29, 0.717) is 6.42 Å². The summed E-state index contributed by atoms with van der Waals surface area (Å²) in [5.74, 6) is 0.178. The molecule has 1 unspecified atom stereocenters. The lowest BCUT2D eigenvalue weighted by Crippen LogP contribution is -2.49. The van der Waals surface area contributed by atoms with Gasteiger partial charge in [0.25, 0.3) is 0 Å². The number of carbonyl (C=O) groups is 1. The van der Waals surface area contributed by atoms with E-state index in [1.54, 1.807) is 0 Å². The van der Waals surface area contributed by atoms with Crippen LogP contribution in [0.4, 0.5) is 0 Å². The van der Waals surface area contributed by atoms with Gasteiger partial charge in [0, 0.05) is 38.6 Å². The first kappa shape index (κ1) is 15.0. The highest BCUT2D eigenvalue weighted by Crippen LogP contribution is 2.15. The summed E-state index contributed by atoms with van der Waals surface area (Å²) in [5.41, 5.74) is 7.15. The molecule has 20 heavy (non-hydrogen) atoms. The number of amides is 1. The number of hydrogen-bond acceptors (Lipinski definition) is 3. The van der Waals surface area contributed by atoms with Crippen LogP contribution >= 0.6 is 0 Å². The van der Waals surface area contributed by atoms with Gasteiger partial charge in [-0.15, -0.1) is 0 Å². The molecule has 1 aliphatic heterocycles. The topological polar surface area (TPSA) is 49.6 Å². The van der Waals surface area contributed by atoms with E-state index in [0.717, 1.165) is 38.3 Å². The third-order valence-electron chi connectivity index (χ3n) is 3.89. The number of nitrogens with zero attached hydrogens (tertiary/aromatic N) is 2. The van der Waals surface area contributed by atoms with Gasteiger partial charge in [-0.1, -0.05) is 37.3 Å². The maximum atomic E-state index is 12.3. The second-order valence-electron chi connectivity index (χ2n) is 5.44. The zero-order chi connectivity index (χ0) is 14.4. The minimum atomic E-state index is -0.197. The monoisotopic (exact) mass is 275 g/mol. The predicted octanol–water partition coefficient (Wildman–Crippen LogP) is 1.63. The Balaban J connectivity index is 1.81. The fraction of sp³-hybridized carbons (Fsp3) is 0.562. The molecule has 0 aliphatic carbocycles. The molecule has 2 rings (SSSR count). The zero-order valence-corrected chi connectivity index (χ0v) is 12.3. The van der Waals surface area contributed by atoms with Crippen LogP contribution in [-0.2, 0) is 4.79 Å². The van der Waals surface area contributed by atoms with E-state index in [1.807, 2.05) is 35.2 Å². The summed E-state index contributed by atoms with van der Waals surface area (Å²) in [7, 11) is 0. The van der Waals surface area contributed by atoms with Crippen LogP contribution in [-0.4, -0.2) is 48.4 Å². The normalized spacial score (nSPS) is 18.0. The lowest BCUT2D eigenvalue weighted by molar-refractivity contribution is -0.133. The van der Waals surface area contributed by atoms with Crippen molar-refractivity contribution in [1.82, 2.24) is 9.80 Å². The van der Waals surface area contributed by atoms with Crippen molar-refractivity contribution in [2.45, 2.75) is 25.8 Å². The molecule has 2 N–H and O–H groups in total. The number of nitrogens with two attached hydrogens (primary N) is 1. The van der Waals surface area contributed by atoms with Crippen molar-refractivity contribution in [1.29, 1.82) is 0 Å². The van der Waals surface area contributed by atoms with E-state index < -0.39 is 0 Å². The molecule has 1 heterocycles. The van der Waals surface area contributed by atoms with Gasteiger partial charge in [0.2, 0.25) is 5.91 Å². The van der Waals surface area contributed by atoms with Crippen molar-refractivity contribution in [3.63, 3.8) is 0 Å². The minimum Gasteiger partial charge on any atom is -0.340 e. The van der Waals surface area contributed by atoms with E-state index >= 15 is 0 Å². The molecule has 0 bridgehead atoms. The number of piperazine rings is 1. The van der Waals surface area contributed by atoms with Crippen molar-refractivity contribution in [2.24, 2.45) is 5.73 Å². The molecule has 1 saturated heterocycles. The van der Waals surface area contributed by atoms with Gasteiger partial charge in [0.1, 0.15) is 0 Å². The molecule has 1 aromatic carbocycles. The third-order valence-corrected chi connectivity index (χ3v) is 3.89. The molecular formula is C16H25N3O. The highest BCUT2D eigenvalue weighted by Gasteiger charge is 2.22. The smallest absolute Gasteiger partial charge is 0.224 e. The first-order valence-corrected chi connectivity index (χ1v) is 7.51. The molecule has 1 atom stereocenters. The van der Waals surface area contributed by atoms with Gasteiger partial charge in [-0.05, 0) is 18.5 Å². The molecule has 0 saturated carbocycles. The molecule has 0 spiro atoms. The Bertz CT molecular complexity index is 413. The molecule has 4 heteroatoms. The van der Waals surface area contributed by atoms with Gasteiger partial charge in [0.05, 0.1) is 0 Å². The van der Waals surface area contributed by atoms with E-state index in [4.69, 9.17) is 5.73 Å². The number of rotatable bonds is 5. The van der Waals surface area contributed by atoms with Crippen LogP contribution in [0, 0.1) is 0 Å². The summed E-state index contributed by atoms with van der Waals surface area (Å²) in [6.45, 7) is 6.96. The van der Waals surface area contributed by atoms with Crippen molar-refractivity contribution in [2.75, 3.05) is 32.7 Å². The van der Waals surface area contributed by atoms with Crippen molar-refractivity contribution >= 4 is 5.91 Å². The van der Waals surface area contributed by atoms with E-state index in [9.17, 15) is 4.79 Å². The second kappa shape index (κ2) is 7.41. The predicted molar refractivity (Wildman–Crippen MR) is 81.3 cm³/mol. The first-order chi connectivity index (χ1) is 9.70. The largest absolute Gasteiger partial charge is 0.340 e. The Morgan fingerprint density at radius 1 is 1.20 bits per heavy atom. The number of benzene rings is 1. The summed E-state index contributed by atoms with van der Waals surface area (Å²) >= 11 is 0. The molecule has 0 aromatic heterocycles. The molecule has 1 fully saturated rings. The van der Waals surface area contributed by atoms with Crippen LogP contribution in [0.2, 0.25) is 0 Å². The van der Waals surface area contributed by atoms with Crippen LogP contribution in [0.15, 0.2) is 30.3 Å². The van der Waals surface area contributed by atoms with Crippen molar-refractivity contribution < 1.29 is 4.79 Å². The van der Waals surface area contributed by atoms with Crippen LogP contribution in [0.25, 0.3) is 0 Å². The summed E-state index contributed by atoms with van der Waals surface area (Å²) in [6, 6.07) is 9.66. The fourth-order valence-corrected chi connectivity index (χ4v) is 2.67. The van der Waals surface area contributed by atoms with Crippen LogP contribution < -0.4 is 5.73 Å². The Morgan fingerprint density at radius 3 is 2.45 bits per heavy atom. The number of hydrogen-bond donors (Lipinski definition) is 1. The highest BCUT2D eigenvalue weighted by atomic mass is 16.2. The summed E-state index contributed by atoms with van der Waals surface area (Å²) in [5, 5.41) is 0. The minimum absolute atomic E-state index is 0.178. The molecule has 0 radical (unpaired) electrons. The van der Waals surface area contributed by atoms with Gasteiger partial charge >= 0.3 is 0 Å². The lowest BCUT2D eigenvalue weighted by atomic mass is 10.0. The van der Waals surface area contributed by atoms with Crippen molar-refractivity contribution in [3.8, 4) is 0 Å². The van der Waals surface area contributed by atoms with Crippen LogP contribution in [0.5, 0.6) is 0 Å². The van der Waals surface area contributed by atoms with Gasteiger partial charge in [-0.3, -0.25) is 9.69 Å². The second-order valence-corrected chi connectivity index (χ2v) is 5.44. The average molecular weight is 275 g/mol. The van der Waals surface area contributed by atoms with Crippen LogP contribution in [0.1, 0.15) is 31.4 Å². The standard InChI is InChI=1S/C16H25N3O/c1-2-8-18-9-11-19(12-10-18)16(20)13-15(17)14-6-4-3-5-7-14/h3-7,15H,2,8-13,17H2,1H3. The lowest BCUT2D eigenvalue weighted by Gasteiger charge is -2.35. The zero-order valence-electron chi connectivity index (χ0n) is 12.3. The average Bonchev–Trinajstić information content (AvgIpc) is 2.49. The Morgan fingerprint density at radius 2 is 1.85 bits per heavy atom. The van der Waals surface area contributed by atoms with Gasteiger partial charge in [0.15, 0.2) is 0 Å². The molecule has 4 nitrogen and oxygen atoms in total. The van der Waals surface area contributed by atoms with Gasteiger partial charge < -0.3 is 10.6 Å². The maximum Gasteiger partial charge on any atom is 0.224 e. The van der Waals surface area contributed by atoms with Gasteiger partial charge in [-0.2, -0.15) is 0 Å². The summed E-state index contributed by atoms with van der Waals surface area (Å²) < 4.78 is 0. The summed E-state index contributed by atoms with van der Waals surface area (Å²) in [6.07, 6.45) is 1.57. The molecule has 1 amide bonds. The van der Waals surface area contributed by atoms with Crippen LogP contribution in [0.3, 0.4) is 0 Å². The molecule has 1 aromatic rings. The highest BCUT2D eigenvalue weighted by molar-refractivity contribution is 5.77. The quantitative estimate of drug-likeness (QED) is 0.888. The SMILES string of the molecule is CCCN1CCN(C(=O)CC(N)c2ccccc2)CC1. The van der Waals surface area contributed by atoms with E-state index in [2.05, 4.69) is 11.8 Å². The van der Waals surface area contributed by atoms with E-state index in [-0.39, 0.29) is 11.9 Å². The Hall–Kier alpha value is -1.39. The van der Waals surface area contributed by atoms with E-state index in [1.165, 1.54) is 6.42 Å². The fourth-order valence-electron chi connectivity index (χ4n) is 2.67. The maximum absolute atomic E-state index is 12.3. The summed E-state index contributed by atoms with van der Waals surface area (Å²) in [4.78, 5) is 16.6. The first-order valence-electron chi connectivity index (χ1n) is 7.51. The molecule has 1 aliphatic rings. The number of carbonyl (C=O) groups excluding carboxylic acids is 1. The molecular weight excluding hydrogens is 250 g/mol. The Kier molecular flexibility index (Phi) is 5.56. The molecule has 110 valence electrons. The van der Waals surface area contributed by atoms with Gasteiger partial charge in [-0.25, -0.2) is 0 Å². The Labute approximate surface area is 121 Å². The van der Waals surface area contributed by atoms with Crippen molar-refractivity contribution in [3.05, 3.63) is 35.9 Å².